The van der Waals surface area contributed by atoms with E-state index in [1.54, 1.807) is 19.1 Å². The first-order chi connectivity index (χ1) is 25.6. The molecule has 3 aromatic carbocycles. The van der Waals surface area contributed by atoms with Crippen molar-refractivity contribution in [3.05, 3.63) is 109 Å². The number of hydrogen-bond acceptors (Lipinski definition) is 8. The van der Waals surface area contributed by atoms with Crippen LogP contribution in [0.25, 0.3) is 22.3 Å². The summed E-state index contributed by atoms with van der Waals surface area (Å²) in [6.45, 7) is 12.8. The number of carbonyl (C=O) groups is 3. The van der Waals surface area contributed by atoms with Crippen molar-refractivity contribution in [3.8, 4) is 33.8 Å². The van der Waals surface area contributed by atoms with Crippen LogP contribution < -0.4 is 9.47 Å². The van der Waals surface area contributed by atoms with Crippen molar-refractivity contribution in [2.24, 2.45) is 17.8 Å². The molecule has 1 N–H and O–H groups in total. The Morgan fingerprint density at radius 2 is 1.21 bits per heavy atom. The number of rotatable bonds is 15. The number of carbonyl (C=O) groups excluding carboxylic acids is 3. The third kappa shape index (κ3) is 10.6. The highest BCUT2D eigenvalue weighted by Gasteiger charge is 2.32. The van der Waals surface area contributed by atoms with Crippen LogP contribution in [0, 0.1) is 17.8 Å². The molecular weight excluding hydrogens is 668 g/mol. The van der Waals surface area contributed by atoms with Gasteiger partial charge in [0.2, 0.25) is 0 Å². The van der Waals surface area contributed by atoms with E-state index in [2.05, 4.69) is 50.1 Å². The summed E-state index contributed by atoms with van der Waals surface area (Å²) < 4.78 is 21.5. The number of aliphatic hydroxyl groups is 1. The number of hydrogen-bond donors (Lipinski definition) is 1. The molecule has 2 saturated carbocycles. The molecule has 0 unspecified atom stereocenters. The maximum Gasteiger partial charge on any atom is 0.341 e. The van der Waals surface area contributed by atoms with Crippen LogP contribution in [0.15, 0.2) is 103 Å². The van der Waals surface area contributed by atoms with E-state index in [1.165, 1.54) is 32.8 Å². The lowest BCUT2D eigenvalue weighted by molar-refractivity contribution is -0.139. The van der Waals surface area contributed by atoms with Gasteiger partial charge >= 0.3 is 17.9 Å². The molecule has 5 rings (SSSR count). The molecule has 0 amide bonds. The molecule has 3 aromatic rings. The maximum atomic E-state index is 12.7. The minimum Gasteiger partial charge on any atom is -0.462 e. The van der Waals surface area contributed by atoms with E-state index < -0.39 is 18.5 Å². The van der Waals surface area contributed by atoms with Crippen molar-refractivity contribution in [2.45, 2.75) is 70.6 Å². The molecule has 0 aliphatic heterocycles. The first-order valence-electron chi connectivity index (χ1n) is 18.6. The minimum absolute atomic E-state index is 0.0200. The fourth-order valence-corrected chi connectivity index (χ4v) is 7.65. The van der Waals surface area contributed by atoms with Crippen molar-refractivity contribution in [2.75, 3.05) is 26.9 Å². The highest BCUT2D eigenvalue weighted by molar-refractivity contribution is 5.90. The van der Waals surface area contributed by atoms with Crippen LogP contribution in [0.3, 0.4) is 0 Å². The molecule has 280 valence electrons. The average molecular weight is 721 g/mol. The number of esters is 3. The van der Waals surface area contributed by atoms with Crippen LogP contribution >= 0.6 is 0 Å². The second kappa shape index (κ2) is 18.8. The highest BCUT2D eigenvalue weighted by atomic mass is 16.5. The third-order valence-corrected chi connectivity index (χ3v) is 10.8. The monoisotopic (exact) mass is 720 g/mol. The molecule has 53 heavy (non-hydrogen) atoms. The Morgan fingerprint density at radius 1 is 0.679 bits per heavy atom. The summed E-state index contributed by atoms with van der Waals surface area (Å²) in [6, 6.07) is 21.6. The van der Waals surface area contributed by atoms with Gasteiger partial charge in [0.05, 0.1) is 31.0 Å². The van der Waals surface area contributed by atoms with Gasteiger partial charge in [-0.2, -0.15) is 0 Å². The highest BCUT2D eigenvalue weighted by Crippen LogP contribution is 2.46. The van der Waals surface area contributed by atoms with Crippen LogP contribution in [0.5, 0.6) is 11.5 Å². The molecule has 2 aliphatic rings. The van der Waals surface area contributed by atoms with E-state index in [4.69, 9.17) is 18.9 Å². The lowest BCUT2D eigenvalue weighted by Gasteiger charge is -2.38. The summed E-state index contributed by atoms with van der Waals surface area (Å²) in [5.74, 6) is 1.75. The van der Waals surface area contributed by atoms with Crippen molar-refractivity contribution in [3.63, 3.8) is 0 Å². The Kier molecular flexibility index (Phi) is 14.0. The van der Waals surface area contributed by atoms with E-state index >= 15 is 0 Å². The molecule has 0 radical (unpaired) electrons. The van der Waals surface area contributed by atoms with E-state index in [0.717, 1.165) is 59.9 Å². The Bertz CT molecular complexity index is 1770. The molecular formula is C45H52O8. The molecule has 0 aromatic heterocycles. The normalized spacial score (nSPS) is 19.8. The summed E-state index contributed by atoms with van der Waals surface area (Å²) in [4.78, 5) is 36.6. The third-order valence-electron chi connectivity index (χ3n) is 10.8. The van der Waals surface area contributed by atoms with Gasteiger partial charge in [-0.25, -0.2) is 14.4 Å². The summed E-state index contributed by atoms with van der Waals surface area (Å²) in [5, 5.41) is 9.49. The van der Waals surface area contributed by atoms with Crippen LogP contribution in [-0.4, -0.2) is 49.9 Å². The summed E-state index contributed by atoms with van der Waals surface area (Å²) in [7, 11) is 1.50. The topological polar surface area (TPSA) is 108 Å². The standard InChI is InChI=1S/C45H52O8/c1-29(2)43(47)51-25-24-32-6-8-33(9-7-32)35-14-16-38(17-15-35)41-26-39(20-23-42(41)53-44(48)30(3)27-46)37-12-10-34(11-13-37)36-18-21-40(22-19-36)52-45(49)31(4)28-50-5/h10-13,18-23,26,32-33,35,38,46H,1,3-4,6-9,14-17,24-25,27-28H2,2,5H3. The van der Waals surface area contributed by atoms with Gasteiger partial charge < -0.3 is 24.1 Å². The Labute approximate surface area is 313 Å². The van der Waals surface area contributed by atoms with Gasteiger partial charge in [-0.1, -0.05) is 75.0 Å². The lowest BCUT2D eigenvalue weighted by atomic mass is 9.68. The second-order valence-electron chi connectivity index (χ2n) is 14.5. The maximum absolute atomic E-state index is 12.7. The molecule has 0 heterocycles. The van der Waals surface area contributed by atoms with Gasteiger partial charge in [-0.3, -0.25) is 0 Å². The molecule has 8 nitrogen and oxygen atoms in total. The van der Waals surface area contributed by atoms with E-state index in [0.29, 0.717) is 41.4 Å². The van der Waals surface area contributed by atoms with Gasteiger partial charge in [0.1, 0.15) is 11.5 Å². The van der Waals surface area contributed by atoms with Gasteiger partial charge in [-0.15, -0.1) is 0 Å². The molecule has 0 saturated heterocycles. The van der Waals surface area contributed by atoms with Gasteiger partial charge in [0.25, 0.3) is 0 Å². The SMILES string of the molecule is C=C(C)C(=O)OCCC1CCC(C2CCC(c3cc(-c4ccc(-c5ccc(OC(=O)C(=C)COC)cc5)cc4)ccc3OC(=O)C(=C)CO)CC2)CC1. The molecule has 0 spiro atoms. The van der Waals surface area contributed by atoms with Crippen LogP contribution in [-0.2, 0) is 23.9 Å². The number of benzene rings is 3. The van der Waals surface area contributed by atoms with E-state index in [1.807, 2.05) is 24.3 Å². The van der Waals surface area contributed by atoms with E-state index in [-0.39, 0.29) is 29.6 Å². The largest absolute Gasteiger partial charge is 0.462 e. The summed E-state index contributed by atoms with van der Waals surface area (Å²) in [6.07, 6.45) is 10.00. The fraction of sp³-hybridized carbons (Fsp3) is 0.400. The number of methoxy groups -OCH3 is 1. The van der Waals surface area contributed by atoms with Crippen molar-refractivity contribution in [1.82, 2.24) is 0 Å². The second-order valence-corrected chi connectivity index (χ2v) is 14.5. The number of ether oxygens (including phenoxy) is 4. The van der Waals surface area contributed by atoms with Gasteiger partial charge in [-0.05, 0) is 128 Å². The van der Waals surface area contributed by atoms with Gasteiger partial charge in [0, 0.05) is 12.7 Å². The van der Waals surface area contributed by atoms with Crippen molar-refractivity contribution < 1.29 is 38.4 Å². The van der Waals surface area contributed by atoms with Crippen LogP contribution in [0.2, 0.25) is 0 Å². The predicted molar refractivity (Wildman–Crippen MR) is 206 cm³/mol. The Balaban J connectivity index is 1.23. The quantitative estimate of drug-likeness (QED) is 0.0941. The summed E-state index contributed by atoms with van der Waals surface area (Å²) >= 11 is 0. The zero-order valence-electron chi connectivity index (χ0n) is 31.1. The zero-order valence-corrected chi connectivity index (χ0v) is 31.1. The molecule has 0 atom stereocenters. The predicted octanol–water partition coefficient (Wildman–Crippen LogP) is 9.17. The van der Waals surface area contributed by atoms with Crippen molar-refractivity contribution >= 4 is 17.9 Å². The smallest absolute Gasteiger partial charge is 0.341 e. The molecule has 8 heteroatoms. The summed E-state index contributed by atoms with van der Waals surface area (Å²) in [5.41, 5.74) is 5.78. The van der Waals surface area contributed by atoms with E-state index in [9.17, 15) is 19.5 Å². The average Bonchev–Trinajstić information content (AvgIpc) is 3.18. The van der Waals surface area contributed by atoms with Gasteiger partial charge in [0.15, 0.2) is 0 Å². The van der Waals surface area contributed by atoms with Crippen LogP contribution in [0.4, 0.5) is 0 Å². The molecule has 2 fully saturated rings. The first-order valence-corrected chi connectivity index (χ1v) is 18.6. The fourth-order valence-electron chi connectivity index (χ4n) is 7.65. The van der Waals surface area contributed by atoms with Crippen LogP contribution in [0.1, 0.15) is 76.2 Å². The molecule has 2 aliphatic carbocycles. The molecule has 0 bridgehead atoms. The van der Waals surface area contributed by atoms with Crippen molar-refractivity contribution in [1.29, 1.82) is 0 Å². The lowest BCUT2D eigenvalue weighted by Crippen LogP contribution is -2.26. The minimum atomic E-state index is -0.619. The first kappa shape index (κ1) is 39.4. The Hall–Kier alpha value is -4.79. The Morgan fingerprint density at radius 3 is 1.77 bits per heavy atom. The zero-order chi connectivity index (χ0) is 37.9. The number of aliphatic hydroxyl groups excluding tert-OH is 1.